The normalized spacial score (nSPS) is 16.6. The SMILES string of the molecule is CN.Cc1cccc(NC2CCN(C)c3ccccc32)n1. The molecule has 1 aromatic carbocycles. The Hall–Kier alpha value is -2.07. The first-order valence-corrected chi connectivity index (χ1v) is 7.32. The molecular formula is C17H24N4. The molecule has 3 N–H and O–H groups in total. The monoisotopic (exact) mass is 284 g/mol. The van der Waals surface area contributed by atoms with Gasteiger partial charge in [-0.05, 0) is 44.2 Å². The quantitative estimate of drug-likeness (QED) is 0.890. The van der Waals surface area contributed by atoms with Crippen LogP contribution in [0.3, 0.4) is 0 Å². The highest BCUT2D eigenvalue weighted by Crippen LogP contribution is 2.34. The average molecular weight is 284 g/mol. The molecule has 1 aromatic heterocycles. The predicted molar refractivity (Wildman–Crippen MR) is 89.8 cm³/mol. The molecule has 1 aliphatic heterocycles. The van der Waals surface area contributed by atoms with Crippen LogP contribution in [0, 0.1) is 6.92 Å². The average Bonchev–Trinajstić information content (AvgIpc) is 2.52. The van der Waals surface area contributed by atoms with E-state index in [1.54, 1.807) is 0 Å². The third-order valence-corrected chi connectivity index (χ3v) is 3.69. The maximum absolute atomic E-state index is 4.53. The van der Waals surface area contributed by atoms with E-state index in [-0.39, 0.29) is 0 Å². The summed E-state index contributed by atoms with van der Waals surface area (Å²) in [7, 11) is 3.65. The van der Waals surface area contributed by atoms with Crippen molar-refractivity contribution in [3.05, 3.63) is 53.7 Å². The first-order valence-electron chi connectivity index (χ1n) is 7.32. The molecule has 3 rings (SSSR count). The number of nitrogens with one attached hydrogen (secondary N) is 1. The molecule has 0 spiro atoms. The van der Waals surface area contributed by atoms with Crippen molar-refractivity contribution in [3.8, 4) is 0 Å². The Bertz CT molecular complexity index is 583. The Kier molecular flexibility index (Phi) is 5.17. The molecule has 0 fully saturated rings. The topological polar surface area (TPSA) is 54.2 Å². The summed E-state index contributed by atoms with van der Waals surface area (Å²) >= 11 is 0. The Morgan fingerprint density at radius 3 is 2.67 bits per heavy atom. The van der Waals surface area contributed by atoms with Gasteiger partial charge in [-0.2, -0.15) is 0 Å². The molecule has 4 heteroatoms. The van der Waals surface area contributed by atoms with Crippen molar-refractivity contribution in [2.75, 3.05) is 30.9 Å². The van der Waals surface area contributed by atoms with Crippen molar-refractivity contribution in [2.45, 2.75) is 19.4 Å². The molecule has 4 nitrogen and oxygen atoms in total. The van der Waals surface area contributed by atoms with Crippen LogP contribution in [0.25, 0.3) is 0 Å². The van der Waals surface area contributed by atoms with E-state index in [0.29, 0.717) is 6.04 Å². The number of rotatable bonds is 2. The number of aromatic nitrogens is 1. The lowest BCUT2D eigenvalue weighted by Gasteiger charge is -2.33. The van der Waals surface area contributed by atoms with E-state index in [1.165, 1.54) is 18.3 Å². The zero-order chi connectivity index (χ0) is 15.2. The first kappa shape index (κ1) is 15.3. The van der Waals surface area contributed by atoms with Crippen LogP contribution in [0.2, 0.25) is 0 Å². The van der Waals surface area contributed by atoms with Crippen molar-refractivity contribution < 1.29 is 0 Å². The summed E-state index contributed by atoms with van der Waals surface area (Å²) in [5, 5.41) is 3.56. The summed E-state index contributed by atoms with van der Waals surface area (Å²) in [6.45, 7) is 3.09. The first-order chi connectivity index (χ1) is 10.2. The number of benzene rings is 1. The molecule has 0 saturated carbocycles. The van der Waals surface area contributed by atoms with Gasteiger partial charge < -0.3 is 16.0 Å². The van der Waals surface area contributed by atoms with Crippen LogP contribution >= 0.6 is 0 Å². The number of nitrogens with zero attached hydrogens (tertiary/aromatic N) is 2. The van der Waals surface area contributed by atoms with E-state index < -0.39 is 0 Å². The van der Waals surface area contributed by atoms with Crippen LogP contribution in [0.4, 0.5) is 11.5 Å². The van der Waals surface area contributed by atoms with E-state index >= 15 is 0 Å². The highest BCUT2D eigenvalue weighted by atomic mass is 15.1. The van der Waals surface area contributed by atoms with Gasteiger partial charge >= 0.3 is 0 Å². The third kappa shape index (κ3) is 3.52. The molecular weight excluding hydrogens is 260 g/mol. The second kappa shape index (κ2) is 7.09. The molecule has 1 aliphatic rings. The Labute approximate surface area is 127 Å². The lowest BCUT2D eigenvalue weighted by atomic mass is 9.97. The minimum absolute atomic E-state index is 0.349. The Morgan fingerprint density at radius 2 is 1.90 bits per heavy atom. The molecule has 21 heavy (non-hydrogen) atoms. The maximum atomic E-state index is 4.53. The molecule has 1 unspecified atom stereocenters. The van der Waals surface area contributed by atoms with Gasteiger partial charge in [-0.25, -0.2) is 4.98 Å². The molecule has 0 bridgehead atoms. The van der Waals surface area contributed by atoms with Crippen molar-refractivity contribution in [1.82, 2.24) is 4.98 Å². The van der Waals surface area contributed by atoms with Gasteiger partial charge in [0.2, 0.25) is 0 Å². The second-order valence-electron chi connectivity index (χ2n) is 5.13. The number of fused-ring (bicyclic) bond motifs is 1. The number of pyridine rings is 1. The van der Waals surface area contributed by atoms with E-state index in [1.807, 2.05) is 25.1 Å². The molecule has 0 aliphatic carbocycles. The van der Waals surface area contributed by atoms with E-state index in [9.17, 15) is 0 Å². The number of nitrogens with two attached hydrogens (primary N) is 1. The number of aryl methyl sites for hydroxylation is 1. The zero-order valence-corrected chi connectivity index (χ0v) is 13.0. The minimum atomic E-state index is 0.349. The number of hydrogen-bond donors (Lipinski definition) is 2. The summed E-state index contributed by atoms with van der Waals surface area (Å²) in [4.78, 5) is 6.85. The molecule has 1 atom stereocenters. The van der Waals surface area contributed by atoms with Crippen molar-refractivity contribution in [1.29, 1.82) is 0 Å². The summed E-state index contributed by atoms with van der Waals surface area (Å²) in [5.41, 5.74) is 8.23. The summed E-state index contributed by atoms with van der Waals surface area (Å²) in [5.74, 6) is 0.962. The van der Waals surface area contributed by atoms with Gasteiger partial charge in [-0.3, -0.25) is 0 Å². The Morgan fingerprint density at radius 1 is 1.14 bits per heavy atom. The zero-order valence-electron chi connectivity index (χ0n) is 13.0. The fourth-order valence-corrected chi connectivity index (χ4v) is 2.68. The third-order valence-electron chi connectivity index (χ3n) is 3.69. The van der Waals surface area contributed by atoms with Crippen molar-refractivity contribution >= 4 is 11.5 Å². The summed E-state index contributed by atoms with van der Waals surface area (Å²) < 4.78 is 0. The van der Waals surface area contributed by atoms with Gasteiger partial charge in [0.1, 0.15) is 5.82 Å². The number of anilines is 2. The highest BCUT2D eigenvalue weighted by Gasteiger charge is 2.22. The highest BCUT2D eigenvalue weighted by molar-refractivity contribution is 5.58. The fraction of sp³-hybridized carbons (Fsp3) is 0.353. The number of para-hydroxylation sites is 1. The largest absolute Gasteiger partial charge is 0.374 e. The summed E-state index contributed by atoms with van der Waals surface area (Å²) in [6, 6.07) is 15.1. The maximum Gasteiger partial charge on any atom is 0.126 e. The van der Waals surface area contributed by atoms with Crippen LogP contribution in [0.1, 0.15) is 23.7 Å². The van der Waals surface area contributed by atoms with Crippen molar-refractivity contribution in [2.24, 2.45) is 5.73 Å². The second-order valence-corrected chi connectivity index (χ2v) is 5.13. The molecule has 0 saturated heterocycles. The van der Waals surface area contributed by atoms with Crippen LogP contribution in [0.5, 0.6) is 0 Å². The molecule has 0 amide bonds. The van der Waals surface area contributed by atoms with Crippen LogP contribution < -0.4 is 16.0 Å². The fourth-order valence-electron chi connectivity index (χ4n) is 2.68. The number of hydrogen-bond acceptors (Lipinski definition) is 4. The molecule has 2 heterocycles. The van der Waals surface area contributed by atoms with Crippen LogP contribution in [-0.4, -0.2) is 25.6 Å². The molecule has 0 radical (unpaired) electrons. The Balaban J connectivity index is 0.000000774. The van der Waals surface area contributed by atoms with Gasteiger partial charge in [-0.15, -0.1) is 0 Å². The lowest BCUT2D eigenvalue weighted by molar-refractivity contribution is 0.646. The molecule has 2 aromatic rings. The van der Waals surface area contributed by atoms with Crippen LogP contribution in [-0.2, 0) is 0 Å². The van der Waals surface area contributed by atoms with Gasteiger partial charge in [-0.1, -0.05) is 24.3 Å². The lowest BCUT2D eigenvalue weighted by Crippen LogP contribution is -2.30. The van der Waals surface area contributed by atoms with Gasteiger partial charge in [0, 0.05) is 25.0 Å². The summed E-state index contributed by atoms with van der Waals surface area (Å²) in [6.07, 6.45) is 1.10. The smallest absolute Gasteiger partial charge is 0.126 e. The standard InChI is InChI=1S/C16H19N3.CH5N/c1-12-6-5-9-16(17-12)18-14-10-11-19(2)15-8-4-3-7-13(14)15;1-2/h3-9,14H,10-11H2,1-2H3,(H,17,18);2H2,1H3. The molecule has 112 valence electrons. The van der Waals surface area contributed by atoms with Crippen LogP contribution in [0.15, 0.2) is 42.5 Å². The van der Waals surface area contributed by atoms with E-state index in [4.69, 9.17) is 0 Å². The van der Waals surface area contributed by atoms with E-state index in [2.05, 4.69) is 52.2 Å². The minimum Gasteiger partial charge on any atom is -0.374 e. The van der Waals surface area contributed by atoms with Gasteiger partial charge in [0.25, 0.3) is 0 Å². The van der Waals surface area contributed by atoms with Crippen molar-refractivity contribution in [3.63, 3.8) is 0 Å². The van der Waals surface area contributed by atoms with Gasteiger partial charge in [0.05, 0.1) is 6.04 Å². The van der Waals surface area contributed by atoms with E-state index in [0.717, 1.165) is 24.5 Å². The predicted octanol–water partition coefficient (Wildman–Crippen LogP) is 2.96. The van der Waals surface area contributed by atoms with Gasteiger partial charge in [0.15, 0.2) is 0 Å².